The van der Waals surface area contributed by atoms with Gasteiger partial charge < -0.3 is 9.29 Å². The van der Waals surface area contributed by atoms with Crippen molar-refractivity contribution in [3.63, 3.8) is 0 Å². The lowest BCUT2D eigenvalue weighted by Gasteiger charge is -2.11. The van der Waals surface area contributed by atoms with Crippen LogP contribution in [0.1, 0.15) is 78.1 Å². The van der Waals surface area contributed by atoms with Gasteiger partial charge in [-0.2, -0.15) is 0 Å². The predicted octanol–water partition coefficient (Wildman–Crippen LogP) is 6.68. The van der Waals surface area contributed by atoms with Crippen LogP contribution < -0.4 is 4.74 Å². The summed E-state index contributed by atoms with van der Waals surface area (Å²) in [6.07, 6.45) is 11.1. The number of rotatable bonds is 12. The summed E-state index contributed by atoms with van der Waals surface area (Å²) in [5.41, 5.74) is 0. The maximum Gasteiger partial charge on any atom is 0.162 e. The van der Waals surface area contributed by atoms with E-state index in [2.05, 4.69) is 50.2 Å². The van der Waals surface area contributed by atoms with Crippen molar-refractivity contribution in [2.75, 3.05) is 23.9 Å². The van der Waals surface area contributed by atoms with Gasteiger partial charge >= 0.3 is 0 Å². The lowest BCUT2D eigenvalue weighted by atomic mass is 10.1. The van der Waals surface area contributed by atoms with Crippen molar-refractivity contribution in [1.29, 1.82) is 0 Å². The molecular weight excluding hydrogens is 440 g/mol. The van der Waals surface area contributed by atoms with Gasteiger partial charge in [-0.25, -0.2) is 8.42 Å². The van der Waals surface area contributed by atoms with Crippen LogP contribution in [0.15, 0.2) is 41.3 Å². The molecule has 0 spiro atoms. The van der Waals surface area contributed by atoms with E-state index in [4.69, 9.17) is 4.74 Å². The summed E-state index contributed by atoms with van der Waals surface area (Å²) in [7, 11) is -3.50. The second-order valence-electron chi connectivity index (χ2n) is 8.45. The van der Waals surface area contributed by atoms with Gasteiger partial charge in [0, 0.05) is 27.4 Å². The van der Waals surface area contributed by atoms with Crippen molar-refractivity contribution < 1.29 is 17.7 Å². The molecule has 0 aromatic heterocycles. The molecule has 0 bridgehead atoms. The molecule has 0 atom stereocenters. The number of hydrogen-bond donors (Lipinski definition) is 0. The Balaban J connectivity index is 0.000000262. The topological polar surface area (TPSA) is 66.4 Å². The third kappa shape index (κ3) is 9.72. The zero-order valence-corrected chi connectivity index (χ0v) is 21.4. The number of benzene rings is 2. The number of hydrogen-bond acceptors (Lipinski definition) is 4. The van der Waals surface area contributed by atoms with Crippen molar-refractivity contribution in [3.05, 3.63) is 36.4 Å². The van der Waals surface area contributed by atoms with Crippen LogP contribution in [0.4, 0.5) is 0 Å². The maximum absolute atomic E-state index is 10.2. The van der Waals surface area contributed by atoms with Gasteiger partial charge in [-0.1, -0.05) is 70.6 Å². The fraction of sp³-hybridized carbons (Fsp3) is 0.615. The Labute approximate surface area is 198 Å². The second kappa shape index (κ2) is 14.8. The second-order valence-corrected chi connectivity index (χ2v) is 12.2. The average Bonchev–Trinajstić information content (AvgIpc) is 3.31. The Morgan fingerprint density at radius 2 is 1.47 bits per heavy atom. The van der Waals surface area contributed by atoms with E-state index >= 15 is 0 Å². The molecule has 1 saturated heterocycles. The molecular formula is C26H40O4S2. The molecule has 1 fully saturated rings. The zero-order chi connectivity index (χ0) is 23.2. The van der Waals surface area contributed by atoms with Crippen LogP contribution in [-0.4, -0.2) is 36.8 Å². The minimum Gasteiger partial charge on any atom is -0.748 e. The Bertz CT molecular complexity index is 890. The molecule has 1 aliphatic rings. The van der Waals surface area contributed by atoms with E-state index in [0.717, 1.165) is 38.0 Å². The first-order valence-corrected chi connectivity index (χ1v) is 15.4. The molecule has 2 aromatic rings. The van der Waals surface area contributed by atoms with E-state index in [9.17, 15) is 13.0 Å². The molecule has 4 nitrogen and oxygen atoms in total. The van der Waals surface area contributed by atoms with Crippen LogP contribution in [0, 0.1) is 0 Å². The van der Waals surface area contributed by atoms with Crippen LogP contribution in [0.3, 0.4) is 0 Å². The first-order chi connectivity index (χ1) is 15.5. The van der Waals surface area contributed by atoms with Crippen molar-refractivity contribution in [3.8, 4) is 5.75 Å². The highest BCUT2D eigenvalue weighted by atomic mass is 32.2. The van der Waals surface area contributed by atoms with Crippen molar-refractivity contribution >= 4 is 31.8 Å². The minimum absolute atomic E-state index is 0.195. The van der Waals surface area contributed by atoms with Gasteiger partial charge in [0.25, 0.3) is 0 Å². The third-order valence-electron chi connectivity index (χ3n) is 5.69. The summed E-state index contributed by atoms with van der Waals surface area (Å²) in [5.74, 6) is 3.61. The normalized spacial score (nSPS) is 14.3. The Hall–Kier alpha value is -1.24. The summed E-state index contributed by atoms with van der Waals surface area (Å²) >= 11 is 0. The number of ether oxygens (including phenoxy) is 1. The highest BCUT2D eigenvalue weighted by Gasteiger charge is 2.29. The van der Waals surface area contributed by atoms with Gasteiger partial charge in [0.15, 0.2) is 4.90 Å². The van der Waals surface area contributed by atoms with Gasteiger partial charge in [0.2, 0.25) is 0 Å². The first kappa shape index (κ1) is 27.0. The average molecular weight is 481 g/mol. The monoisotopic (exact) mass is 480 g/mol. The van der Waals surface area contributed by atoms with E-state index < -0.39 is 10.1 Å². The van der Waals surface area contributed by atoms with Gasteiger partial charge in [-0.05, 0) is 43.9 Å². The Morgan fingerprint density at radius 1 is 0.844 bits per heavy atom. The molecule has 32 heavy (non-hydrogen) atoms. The highest BCUT2D eigenvalue weighted by Crippen LogP contribution is 2.34. The Morgan fingerprint density at radius 3 is 2.12 bits per heavy atom. The summed E-state index contributed by atoms with van der Waals surface area (Å²) in [6, 6.07) is 13.3. The van der Waals surface area contributed by atoms with E-state index in [0.29, 0.717) is 17.3 Å². The van der Waals surface area contributed by atoms with Gasteiger partial charge in [0.1, 0.15) is 17.3 Å². The van der Waals surface area contributed by atoms with E-state index in [1.165, 1.54) is 54.4 Å². The van der Waals surface area contributed by atoms with Crippen LogP contribution >= 0.6 is 0 Å². The molecule has 0 amide bonds. The fourth-order valence-corrected chi connectivity index (χ4v) is 6.94. The molecule has 0 N–H and O–H groups in total. The summed E-state index contributed by atoms with van der Waals surface area (Å²) < 4.78 is 36.5. The SMILES string of the molecule is CCCCCCCCS(=O)(=O)[O-].CCCCOc1ccc([S+]2CCCC2)c2ccccc12. The minimum atomic E-state index is -3.97. The molecule has 0 unspecified atom stereocenters. The van der Waals surface area contributed by atoms with Crippen LogP contribution in [0.2, 0.25) is 0 Å². The van der Waals surface area contributed by atoms with Gasteiger partial charge in [-0.3, -0.25) is 0 Å². The van der Waals surface area contributed by atoms with Crippen LogP contribution in [-0.2, 0) is 21.0 Å². The van der Waals surface area contributed by atoms with E-state index in [1.54, 1.807) is 4.90 Å². The van der Waals surface area contributed by atoms with Crippen molar-refractivity contribution in [2.24, 2.45) is 0 Å². The molecule has 1 aliphatic heterocycles. The Kier molecular flexibility index (Phi) is 12.5. The third-order valence-corrected chi connectivity index (χ3v) is 9.02. The summed E-state index contributed by atoms with van der Waals surface area (Å²) in [4.78, 5) is 1.56. The van der Waals surface area contributed by atoms with Crippen LogP contribution in [0.25, 0.3) is 10.8 Å². The van der Waals surface area contributed by atoms with Crippen molar-refractivity contribution in [1.82, 2.24) is 0 Å². The van der Waals surface area contributed by atoms with Gasteiger partial charge in [0.05, 0.1) is 16.7 Å². The predicted molar refractivity (Wildman–Crippen MR) is 137 cm³/mol. The molecule has 0 saturated carbocycles. The molecule has 180 valence electrons. The molecule has 0 radical (unpaired) electrons. The quantitative estimate of drug-likeness (QED) is 0.193. The molecule has 0 aliphatic carbocycles. The van der Waals surface area contributed by atoms with E-state index in [-0.39, 0.29) is 5.75 Å². The van der Waals surface area contributed by atoms with Gasteiger partial charge in [-0.15, -0.1) is 0 Å². The molecule has 6 heteroatoms. The molecule has 3 rings (SSSR count). The van der Waals surface area contributed by atoms with Crippen LogP contribution in [0.5, 0.6) is 5.75 Å². The number of unbranched alkanes of at least 4 members (excludes halogenated alkanes) is 6. The standard InChI is InChI=1S/C18H23OS.C8H18O3S/c1-2-3-12-19-17-10-11-18(20-13-6-7-14-20)16-9-5-4-8-15(16)17;1-2-3-4-5-6-7-8-12(9,10)11/h4-5,8-11H,2-3,6-7,12-14H2,1H3;2-8H2,1H3,(H,9,10,11)/q+1;/p-1. The number of fused-ring (bicyclic) bond motifs is 1. The highest BCUT2D eigenvalue weighted by molar-refractivity contribution is 7.97. The summed E-state index contributed by atoms with van der Waals surface area (Å²) in [5, 5.41) is 2.70. The molecule has 2 aromatic carbocycles. The fourth-order valence-electron chi connectivity index (χ4n) is 3.88. The smallest absolute Gasteiger partial charge is 0.162 e. The lowest BCUT2D eigenvalue weighted by molar-refractivity contribution is 0.313. The van der Waals surface area contributed by atoms with E-state index in [1.807, 2.05) is 0 Å². The van der Waals surface area contributed by atoms with Crippen molar-refractivity contribution in [2.45, 2.75) is 83.0 Å². The first-order valence-electron chi connectivity index (χ1n) is 12.2. The summed E-state index contributed by atoms with van der Waals surface area (Å²) in [6.45, 7) is 5.15. The maximum atomic E-state index is 10.2. The zero-order valence-electron chi connectivity index (χ0n) is 19.8. The molecule has 1 heterocycles. The lowest BCUT2D eigenvalue weighted by Crippen LogP contribution is -2.05. The largest absolute Gasteiger partial charge is 0.748 e.